The molecular formula is C10H22N2O4. The van der Waals surface area contributed by atoms with E-state index in [0.717, 1.165) is 0 Å². The Labute approximate surface area is 96.2 Å². The molecule has 0 saturated carbocycles. The van der Waals surface area contributed by atoms with E-state index >= 15 is 0 Å². The molecule has 0 fully saturated rings. The van der Waals surface area contributed by atoms with Gasteiger partial charge in [-0.1, -0.05) is 27.7 Å². The predicted octanol–water partition coefficient (Wildman–Crippen LogP) is 0.204. The van der Waals surface area contributed by atoms with Crippen molar-refractivity contribution in [1.29, 1.82) is 0 Å². The lowest BCUT2D eigenvalue weighted by molar-refractivity contribution is -0.127. The number of rotatable bonds is 6. The molecule has 0 aromatic carbocycles. The Morgan fingerprint density at radius 1 is 0.875 bits per heavy atom. The van der Waals surface area contributed by atoms with Crippen LogP contribution in [0.5, 0.6) is 0 Å². The smallest absolute Gasteiger partial charge is 0.163 e. The quantitative estimate of drug-likeness (QED) is 0.636. The van der Waals surface area contributed by atoms with Gasteiger partial charge in [0.05, 0.1) is 0 Å². The second-order valence-corrected chi connectivity index (χ2v) is 3.86. The van der Waals surface area contributed by atoms with Crippen LogP contribution < -0.4 is 11.8 Å². The lowest BCUT2D eigenvalue weighted by Gasteiger charge is -1.99. The van der Waals surface area contributed by atoms with Crippen molar-refractivity contribution in [2.75, 3.05) is 13.2 Å². The molecule has 0 aliphatic heterocycles. The van der Waals surface area contributed by atoms with Crippen molar-refractivity contribution in [3.63, 3.8) is 0 Å². The van der Waals surface area contributed by atoms with Gasteiger partial charge in [-0.05, 0) is 0 Å². The van der Waals surface area contributed by atoms with E-state index in [0.29, 0.717) is 0 Å². The molecule has 0 aliphatic rings. The Morgan fingerprint density at radius 3 is 1.19 bits per heavy atom. The van der Waals surface area contributed by atoms with E-state index in [4.69, 9.17) is 0 Å². The Hall–Kier alpha value is -0.820. The molecule has 0 aromatic rings. The van der Waals surface area contributed by atoms with Crippen molar-refractivity contribution in [2.24, 2.45) is 23.6 Å². The van der Waals surface area contributed by atoms with E-state index < -0.39 is 0 Å². The summed E-state index contributed by atoms with van der Waals surface area (Å²) in [6, 6.07) is 0. The third-order valence-corrected chi connectivity index (χ3v) is 1.74. The molecule has 0 saturated heterocycles. The van der Waals surface area contributed by atoms with Gasteiger partial charge in [0.1, 0.15) is 13.2 Å². The summed E-state index contributed by atoms with van der Waals surface area (Å²) < 4.78 is 0. The minimum Gasteiger partial charge on any atom is -0.297 e. The highest BCUT2D eigenvalue weighted by Crippen LogP contribution is 1.92. The summed E-state index contributed by atoms with van der Waals surface area (Å²) in [5, 5.41) is 0. The monoisotopic (exact) mass is 234 g/mol. The maximum atomic E-state index is 10.5. The number of hydrogen-bond donors (Lipinski definition) is 2. The van der Waals surface area contributed by atoms with Gasteiger partial charge in [-0.25, -0.2) is 11.8 Å². The molecule has 0 aromatic heterocycles. The minimum atomic E-state index is 0.0255. The Kier molecular flexibility index (Phi) is 11.7. The zero-order chi connectivity index (χ0) is 13.1. The van der Waals surface area contributed by atoms with Gasteiger partial charge in [-0.15, -0.1) is 0 Å². The highest BCUT2D eigenvalue weighted by Gasteiger charge is 2.05. The fourth-order valence-corrected chi connectivity index (χ4v) is 0.498. The van der Waals surface area contributed by atoms with Crippen molar-refractivity contribution in [3.8, 4) is 0 Å². The molecule has 0 heterocycles. The Bertz CT molecular complexity index is 183. The average Bonchev–Trinajstić information content (AvgIpc) is 2.19. The van der Waals surface area contributed by atoms with Crippen LogP contribution in [0.2, 0.25) is 0 Å². The number of carbonyl (C=O) groups excluding carboxylic acids is 2. The summed E-state index contributed by atoms with van der Waals surface area (Å²) in [6.07, 6.45) is 0. The Morgan fingerprint density at radius 2 is 1.12 bits per heavy atom. The maximum absolute atomic E-state index is 10.5. The highest BCUT2D eigenvalue weighted by atomic mass is 16.6. The molecule has 0 radical (unpaired) electrons. The number of ketones is 2. The third kappa shape index (κ3) is 11.3. The van der Waals surface area contributed by atoms with Crippen LogP contribution in [0.1, 0.15) is 27.7 Å². The zero-order valence-corrected chi connectivity index (χ0v) is 10.4. The van der Waals surface area contributed by atoms with Gasteiger partial charge in [0.25, 0.3) is 0 Å². The molecule has 16 heavy (non-hydrogen) atoms. The van der Waals surface area contributed by atoms with Crippen molar-refractivity contribution in [3.05, 3.63) is 0 Å². The molecule has 0 spiro atoms. The molecule has 0 bridgehead atoms. The van der Waals surface area contributed by atoms with Gasteiger partial charge in [0, 0.05) is 11.8 Å². The van der Waals surface area contributed by atoms with Gasteiger partial charge in [-0.3, -0.25) is 19.3 Å². The number of Topliss-reactive ketones (excluding diaryl/α,β-unsaturated/α-hetero) is 2. The van der Waals surface area contributed by atoms with Crippen molar-refractivity contribution < 1.29 is 19.3 Å². The summed E-state index contributed by atoms with van der Waals surface area (Å²) in [4.78, 5) is 29.3. The van der Waals surface area contributed by atoms with Crippen LogP contribution >= 0.6 is 0 Å². The molecule has 0 atom stereocenters. The molecule has 0 unspecified atom stereocenters. The molecule has 0 rings (SSSR count). The van der Waals surface area contributed by atoms with Crippen molar-refractivity contribution >= 4 is 11.6 Å². The maximum Gasteiger partial charge on any atom is 0.163 e. The third-order valence-electron chi connectivity index (χ3n) is 1.74. The molecule has 96 valence electrons. The average molecular weight is 234 g/mol. The molecule has 6 heteroatoms. The number of hydrogen-bond acceptors (Lipinski definition) is 6. The van der Waals surface area contributed by atoms with E-state index in [2.05, 4.69) is 21.5 Å². The van der Waals surface area contributed by atoms with Crippen LogP contribution in [0.25, 0.3) is 0 Å². The second-order valence-electron chi connectivity index (χ2n) is 3.86. The Balaban J connectivity index is 0. The summed E-state index contributed by atoms with van der Waals surface area (Å²) >= 11 is 0. The van der Waals surface area contributed by atoms with Crippen LogP contribution in [0.15, 0.2) is 0 Å². The largest absolute Gasteiger partial charge is 0.297 e. The summed E-state index contributed by atoms with van der Waals surface area (Å²) in [5.41, 5.74) is 0. The fraction of sp³-hybridized carbons (Fsp3) is 0.800. The van der Waals surface area contributed by atoms with Crippen molar-refractivity contribution in [2.45, 2.75) is 27.7 Å². The van der Waals surface area contributed by atoms with Crippen LogP contribution in [-0.2, 0) is 19.3 Å². The van der Waals surface area contributed by atoms with Gasteiger partial charge < -0.3 is 0 Å². The van der Waals surface area contributed by atoms with E-state index in [-0.39, 0.29) is 36.6 Å². The minimum absolute atomic E-state index is 0.0255. The topological polar surface area (TPSA) is 105 Å². The first-order valence-electron chi connectivity index (χ1n) is 5.05. The first kappa shape index (κ1) is 17.6. The number of carbonyl (C=O) groups is 2. The molecule has 0 amide bonds. The summed E-state index contributed by atoms with van der Waals surface area (Å²) in [6.45, 7) is 7.28. The van der Waals surface area contributed by atoms with Gasteiger partial charge in [-0.2, -0.15) is 0 Å². The second kappa shape index (κ2) is 10.7. The van der Waals surface area contributed by atoms with E-state index in [1.165, 1.54) is 0 Å². The first-order valence-corrected chi connectivity index (χ1v) is 5.05. The molecular weight excluding hydrogens is 212 g/mol. The van der Waals surface area contributed by atoms with E-state index in [1.54, 1.807) is 27.7 Å². The van der Waals surface area contributed by atoms with Crippen molar-refractivity contribution in [1.82, 2.24) is 0 Å². The first-order chi connectivity index (χ1) is 7.36. The van der Waals surface area contributed by atoms with E-state index in [9.17, 15) is 9.59 Å². The molecule has 6 nitrogen and oxygen atoms in total. The van der Waals surface area contributed by atoms with Crippen LogP contribution in [-0.4, -0.2) is 24.8 Å². The SMILES string of the molecule is CC(C)C(=O)CON.CC(C)C(=O)CON. The van der Waals surface area contributed by atoms with Crippen LogP contribution in [0, 0.1) is 11.8 Å². The predicted molar refractivity (Wildman–Crippen MR) is 60.0 cm³/mol. The summed E-state index contributed by atoms with van der Waals surface area (Å²) in [7, 11) is 0. The lowest BCUT2D eigenvalue weighted by Crippen LogP contribution is -2.17. The number of nitrogens with two attached hydrogens (primary N) is 2. The van der Waals surface area contributed by atoms with Crippen LogP contribution in [0.4, 0.5) is 0 Å². The van der Waals surface area contributed by atoms with Gasteiger partial charge in [0.15, 0.2) is 11.6 Å². The summed E-state index contributed by atoms with van der Waals surface area (Å²) in [5.74, 6) is 9.42. The van der Waals surface area contributed by atoms with Gasteiger partial charge >= 0.3 is 0 Å². The lowest BCUT2D eigenvalue weighted by atomic mass is 10.1. The highest BCUT2D eigenvalue weighted by molar-refractivity contribution is 5.81. The van der Waals surface area contributed by atoms with Crippen LogP contribution in [0.3, 0.4) is 0 Å². The van der Waals surface area contributed by atoms with Gasteiger partial charge in [0.2, 0.25) is 0 Å². The zero-order valence-electron chi connectivity index (χ0n) is 10.4. The van der Waals surface area contributed by atoms with E-state index in [1.807, 2.05) is 0 Å². The standard InChI is InChI=1S/2C5H11NO2/c2*1-4(2)5(7)3-8-6/h2*4H,3,6H2,1-2H3. The molecule has 0 aliphatic carbocycles. The normalized spacial score (nSPS) is 10.0. The fourth-order valence-electron chi connectivity index (χ4n) is 0.498. The molecule has 4 N–H and O–H groups in total.